The fourth-order valence-electron chi connectivity index (χ4n) is 3.20. The number of thiophene rings is 1. The number of nitrogens with zero attached hydrogens (tertiary/aromatic N) is 1. The molecule has 1 fully saturated rings. The summed E-state index contributed by atoms with van der Waals surface area (Å²) >= 11 is 7.73. The van der Waals surface area contributed by atoms with Crippen LogP contribution in [0.4, 0.5) is 5.69 Å². The van der Waals surface area contributed by atoms with Crippen molar-refractivity contribution in [2.75, 3.05) is 18.4 Å². The van der Waals surface area contributed by atoms with Crippen molar-refractivity contribution in [2.45, 2.75) is 26.7 Å². The smallest absolute Gasteiger partial charge is 0.263 e. The second-order valence-corrected chi connectivity index (χ2v) is 7.83. The van der Waals surface area contributed by atoms with Gasteiger partial charge in [0, 0.05) is 19.0 Å². The molecule has 4 nitrogen and oxygen atoms in total. The van der Waals surface area contributed by atoms with Gasteiger partial charge in [0.15, 0.2) is 0 Å². The van der Waals surface area contributed by atoms with Gasteiger partial charge in [0.05, 0.1) is 15.6 Å². The number of carbonyl (C=O) groups excluding carboxylic acids is 2. The molecule has 1 aromatic heterocycles. The molecule has 3 rings (SSSR count). The predicted molar refractivity (Wildman–Crippen MR) is 103 cm³/mol. The summed E-state index contributed by atoms with van der Waals surface area (Å²) in [5.41, 5.74) is 2.72. The third kappa shape index (κ3) is 4.05. The Kier molecular flexibility index (Phi) is 5.45. The van der Waals surface area contributed by atoms with E-state index in [-0.39, 0.29) is 17.7 Å². The molecule has 1 saturated heterocycles. The first kappa shape index (κ1) is 18.0. The standard InChI is InChI=1S/C19H21ClN2O2S/c1-12-10-13(2)17(15(20)11-12)21-18(23)14-5-7-22(8-6-14)19(24)16-4-3-9-25-16/h3-4,9-11,14H,5-8H2,1-2H3,(H,21,23). The van der Waals surface area contributed by atoms with Crippen LogP contribution in [-0.2, 0) is 4.79 Å². The lowest BCUT2D eigenvalue weighted by Crippen LogP contribution is -2.41. The van der Waals surface area contributed by atoms with Gasteiger partial charge in [0.2, 0.25) is 5.91 Å². The van der Waals surface area contributed by atoms with Gasteiger partial charge in [-0.25, -0.2) is 0 Å². The van der Waals surface area contributed by atoms with E-state index in [1.165, 1.54) is 11.3 Å². The average molecular weight is 377 g/mol. The highest BCUT2D eigenvalue weighted by molar-refractivity contribution is 7.12. The third-order valence-corrected chi connectivity index (χ3v) is 5.72. The quantitative estimate of drug-likeness (QED) is 0.856. The molecule has 2 heterocycles. The monoisotopic (exact) mass is 376 g/mol. The number of rotatable bonds is 3. The van der Waals surface area contributed by atoms with Crippen LogP contribution in [0.2, 0.25) is 5.02 Å². The van der Waals surface area contributed by atoms with E-state index < -0.39 is 0 Å². The van der Waals surface area contributed by atoms with E-state index in [0.717, 1.165) is 16.0 Å². The summed E-state index contributed by atoms with van der Waals surface area (Å²) in [5, 5.41) is 5.44. The maximum absolute atomic E-state index is 12.6. The van der Waals surface area contributed by atoms with Crippen molar-refractivity contribution in [2.24, 2.45) is 5.92 Å². The maximum atomic E-state index is 12.6. The summed E-state index contributed by atoms with van der Waals surface area (Å²) in [6.07, 6.45) is 1.34. The first-order valence-electron chi connectivity index (χ1n) is 8.36. The summed E-state index contributed by atoms with van der Waals surface area (Å²) in [6, 6.07) is 7.58. The highest BCUT2D eigenvalue weighted by Crippen LogP contribution is 2.29. The van der Waals surface area contributed by atoms with Crippen molar-refractivity contribution in [1.29, 1.82) is 0 Å². The van der Waals surface area contributed by atoms with Crippen molar-refractivity contribution >= 4 is 40.4 Å². The summed E-state index contributed by atoms with van der Waals surface area (Å²) in [6.45, 7) is 5.13. The normalized spacial score (nSPS) is 15.2. The zero-order chi connectivity index (χ0) is 18.0. The Morgan fingerprint density at radius 2 is 1.96 bits per heavy atom. The highest BCUT2D eigenvalue weighted by Gasteiger charge is 2.28. The lowest BCUT2D eigenvalue weighted by Gasteiger charge is -2.31. The average Bonchev–Trinajstić information content (AvgIpc) is 3.12. The third-order valence-electron chi connectivity index (χ3n) is 4.56. The Balaban J connectivity index is 1.60. The van der Waals surface area contributed by atoms with Crippen molar-refractivity contribution in [3.05, 3.63) is 50.7 Å². The second kappa shape index (κ2) is 7.58. The lowest BCUT2D eigenvalue weighted by molar-refractivity contribution is -0.121. The molecule has 0 bridgehead atoms. The van der Waals surface area contributed by atoms with Crippen molar-refractivity contribution in [3.8, 4) is 0 Å². The molecule has 2 amide bonds. The minimum absolute atomic E-state index is 0.0166. The number of anilines is 1. The van der Waals surface area contributed by atoms with Crippen molar-refractivity contribution in [1.82, 2.24) is 4.90 Å². The number of aryl methyl sites for hydroxylation is 2. The summed E-state index contributed by atoms with van der Waals surface area (Å²) in [5.74, 6) is -0.0486. The minimum Gasteiger partial charge on any atom is -0.338 e. The Labute approximate surface area is 156 Å². The number of carbonyl (C=O) groups is 2. The van der Waals surface area contributed by atoms with Gasteiger partial charge >= 0.3 is 0 Å². The molecule has 1 aliphatic heterocycles. The summed E-state index contributed by atoms with van der Waals surface area (Å²) in [7, 11) is 0. The SMILES string of the molecule is Cc1cc(C)c(NC(=O)C2CCN(C(=O)c3cccs3)CC2)c(Cl)c1. The first-order valence-corrected chi connectivity index (χ1v) is 9.62. The van der Waals surface area contributed by atoms with E-state index >= 15 is 0 Å². The molecule has 0 atom stereocenters. The fraction of sp³-hybridized carbons (Fsp3) is 0.368. The minimum atomic E-state index is -0.0934. The number of nitrogens with one attached hydrogen (secondary N) is 1. The maximum Gasteiger partial charge on any atom is 0.263 e. The zero-order valence-corrected chi connectivity index (χ0v) is 15.9. The number of hydrogen-bond donors (Lipinski definition) is 1. The van der Waals surface area contributed by atoms with Crippen LogP contribution in [0.25, 0.3) is 0 Å². The van der Waals surface area contributed by atoms with Gasteiger partial charge in [-0.1, -0.05) is 23.7 Å². The topological polar surface area (TPSA) is 49.4 Å². The van der Waals surface area contributed by atoms with Gasteiger partial charge in [-0.3, -0.25) is 9.59 Å². The van der Waals surface area contributed by atoms with E-state index in [0.29, 0.717) is 36.6 Å². The van der Waals surface area contributed by atoms with E-state index in [4.69, 9.17) is 11.6 Å². The van der Waals surface area contributed by atoms with Gasteiger partial charge in [0.1, 0.15) is 0 Å². The number of likely N-dealkylation sites (tertiary alicyclic amines) is 1. The number of piperidine rings is 1. The molecule has 1 aromatic carbocycles. The van der Waals surface area contributed by atoms with Gasteiger partial charge in [-0.2, -0.15) is 0 Å². The van der Waals surface area contributed by atoms with Crippen LogP contribution in [0.1, 0.15) is 33.6 Å². The summed E-state index contributed by atoms with van der Waals surface area (Å²) in [4.78, 5) is 27.5. The summed E-state index contributed by atoms with van der Waals surface area (Å²) < 4.78 is 0. The molecular weight excluding hydrogens is 356 g/mol. The van der Waals surface area contributed by atoms with Crippen molar-refractivity contribution in [3.63, 3.8) is 0 Å². The Bertz CT molecular complexity index is 758. The predicted octanol–water partition coefficient (Wildman–Crippen LogP) is 4.51. The molecule has 132 valence electrons. The van der Waals surface area contributed by atoms with E-state index in [1.54, 1.807) is 0 Å². The van der Waals surface area contributed by atoms with Crippen LogP contribution in [0.5, 0.6) is 0 Å². The molecule has 0 aliphatic carbocycles. The number of hydrogen-bond acceptors (Lipinski definition) is 3. The number of amides is 2. The van der Waals surface area contributed by atoms with Crippen LogP contribution >= 0.6 is 22.9 Å². The Morgan fingerprint density at radius 3 is 2.56 bits per heavy atom. The Hall–Kier alpha value is -1.85. The van der Waals surface area contributed by atoms with Crippen molar-refractivity contribution < 1.29 is 9.59 Å². The van der Waals surface area contributed by atoms with Gasteiger partial charge in [-0.15, -0.1) is 11.3 Å². The molecule has 0 spiro atoms. The zero-order valence-electron chi connectivity index (χ0n) is 14.3. The molecule has 25 heavy (non-hydrogen) atoms. The van der Waals surface area contributed by atoms with Crippen LogP contribution in [0, 0.1) is 19.8 Å². The number of halogens is 1. The van der Waals surface area contributed by atoms with E-state index in [9.17, 15) is 9.59 Å². The Morgan fingerprint density at radius 1 is 1.24 bits per heavy atom. The lowest BCUT2D eigenvalue weighted by atomic mass is 9.95. The van der Waals surface area contributed by atoms with E-state index in [2.05, 4.69) is 5.32 Å². The van der Waals surface area contributed by atoms with Crippen LogP contribution in [0.15, 0.2) is 29.6 Å². The number of benzene rings is 1. The van der Waals surface area contributed by atoms with E-state index in [1.807, 2.05) is 48.4 Å². The molecular formula is C19H21ClN2O2S. The van der Waals surface area contributed by atoms with Crippen LogP contribution in [-0.4, -0.2) is 29.8 Å². The van der Waals surface area contributed by atoms with Gasteiger partial charge in [-0.05, 0) is 55.3 Å². The van der Waals surface area contributed by atoms with Crippen LogP contribution < -0.4 is 5.32 Å². The largest absolute Gasteiger partial charge is 0.338 e. The first-order chi connectivity index (χ1) is 12.0. The fourth-order valence-corrected chi connectivity index (χ4v) is 4.26. The molecule has 2 aromatic rings. The van der Waals surface area contributed by atoms with Gasteiger partial charge in [0.25, 0.3) is 5.91 Å². The molecule has 0 saturated carbocycles. The molecule has 0 unspecified atom stereocenters. The molecule has 0 radical (unpaired) electrons. The highest BCUT2D eigenvalue weighted by atomic mass is 35.5. The molecule has 1 N–H and O–H groups in total. The second-order valence-electron chi connectivity index (χ2n) is 6.47. The molecule has 6 heteroatoms. The van der Waals surface area contributed by atoms with Gasteiger partial charge < -0.3 is 10.2 Å². The van der Waals surface area contributed by atoms with Crippen LogP contribution in [0.3, 0.4) is 0 Å². The molecule has 1 aliphatic rings.